The number of amides is 3. The van der Waals surface area contributed by atoms with Gasteiger partial charge in [-0.1, -0.05) is 0 Å². The van der Waals surface area contributed by atoms with E-state index in [4.69, 9.17) is 4.42 Å². The maximum Gasteiger partial charge on any atom is 0.321 e. The SMILES string of the molecule is O=C(CN1CCN(c2ncnc3sccc23)CC1)NC(=O)NCc1ccco1. The van der Waals surface area contributed by atoms with Crippen molar-refractivity contribution >= 4 is 39.3 Å². The van der Waals surface area contributed by atoms with Crippen LogP contribution in [0, 0.1) is 0 Å². The van der Waals surface area contributed by atoms with E-state index in [0.717, 1.165) is 42.2 Å². The fourth-order valence-electron chi connectivity index (χ4n) is 3.14. The minimum absolute atomic E-state index is 0.180. The molecule has 9 nitrogen and oxygen atoms in total. The molecule has 0 bridgehead atoms. The van der Waals surface area contributed by atoms with E-state index in [2.05, 4.69) is 25.5 Å². The molecule has 0 spiro atoms. The summed E-state index contributed by atoms with van der Waals surface area (Å²) in [7, 11) is 0. The molecular formula is C18H20N6O3S. The van der Waals surface area contributed by atoms with Crippen LogP contribution in [0.2, 0.25) is 0 Å². The highest BCUT2D eigenvalue weighted by Crippen LogP contribution is 2.27. The maximum atomic E-state index is 12.1. The Balaban J connectivity index is 1.23. The van der Waals surface area contributed by atoms with Crippen LogP contribution < -0.4 is 15.5 Å². The van der Waals surface area contributed by atoms with Gasteiger partial charge in [0, 0.05) is 26.2 Å². The number of rotatable bonds is 5. The van der Waals surface area contributed by atoms with Crippen molar-refractivity contribution in [2.75, 3.05) is 37.6 Å². The third-order valence-corrected chi connectivity index (χ3v) is 5.36. The second kappa shape index (κ2) is 8.36. The molecule has 1 saturated heterocycles. The molecule has 10 heteroatoms. The number of aromatic nitrogens is 2. The van der Waals surface area contributed by atoms with E-state index in [-0.39, 0.29) is 19.0 Å². The fraction of sp³-hybridized carbons (Fsp3) is 0.333. The molecule has 4 rings (SSSR count). The number of fused-ring (bicyclic) bond motifs is 1. The van der Waals surface area contributed by atoms with Crippen molar-refractivity contribution in [3.05, 3.63) is 41.9 Å². The summed E-state index contributed by atoms with van der Waals surface area (Å²) in [4.78, 5) is 37.8. The summed E-state index contributed by atoms with van der Waals surface area (Å²) >= 11 is 1.60. The van der Waals surface area contributed by atoms with Gasteiger partial charge in [-0.2, -0.15) is 0 Å². The predicted octanol–water partition coefficient (Wildman–Crippen LogP) is 1.43. The fourth-order valence-corrected chi connectivity index (χ4v) is 3.87. The van der Waals surface area contributed by atoms with E-state index in [1.807, 2.05) is 16.3 Å². The number of anilines is 1. The number of nitrogens with one attached hydrogen (secondary N) is 2. The van der Waals surface area contributed by atoms with Crippen molar-refractivity contribution in [3.8, 4) is 0 Å². The first kappa shape index (κ1) is 18.4. The highest BCUT2D eigenvalue weighted by Gasteiger charge is 2.22. The number of piperazine rings is 1. The van der Waals surface area contributed by atoms with Crippen molar-refractivity contribution in [2.45, 2.75) is 6.54 Å². The summed E-state index contributed by atoms with van der Waals surface area (Å²) in [6.45, 7) is 3.38. The maximum absolute atomic E-state index is 12.1. The Hall–Kier alpha value is -2.98. The van der Waals surface area contributed by atoms with E-state index in [0.29, 0.717) is 5.76 Å². The number of hydrogen-bond acceptors (Lipinski definition) is 8. The Morgan fingerprint density at radius 1 is 1.18 bits per heavy atom. The minimum atomic E-state index is -0.527. The smallest absolute Gasteiger partial charge is 0.321 e. The lowest BCUT2D eigenvalue weighted by Crippen LogP contribution is -2.51. The Kier molecular flexibility index (Phi) is 5.49. The summed E-state index contributed by atoms with van der Waals surface area (Å²) in [5, 5.41) is 8.02. The second-order valence-electron chi connectivity index (χ2n) is 6.41. The molecule has 4 heterocycles. The number of nitrogens with zero attached hydrogens (tertiary/aromatic N) is 4. The summed E-state index contributed by atoms with van der Waals surface area (Å²) < 4.78 is 5.13. The van der Waals surface area contributed by atoms with Crippen molar-refractivity contribution in [1.82, 2.24) is 25.5 Å². The molecule has 0 saturated carbocycles. The van der Waals surface area contributed by atoms with Crippen LogP contribution in [0.15, 0.2) is 40.6 Å². The molecule has 2 N–H and O–H groups in total. The molecular weight excluding hydrogens is 380 g/mol. The van der Waals surface area contributed by atoms with Gasteiger partial charge in [-0.3, -0.25) is 15.0 Å². The first-order valence-corrected chi connectivity index (χ1v) is 9.82. The molecule has 1 fully saturated rings. The number of carbonyl (C=O) groups is 2. The van der Waals surface area contributed by atoms with Gasteiger partial charge in [0.15, 0.2) is 0 Å². The van der Waals surface area contributed by atoms with Crippen LogP contribution in [0.3, 0.4) is 0 Å². The first-order chi connectivity index (χ1) is 13.7. The van der Waals surface area contributed by atoms with Crippen LogP contribution >= 0.6 is 11.3 Å². The molecule has 3 amide bonds. The zero-order valence-electron chi connectivity index (χ0n) is 15.1. The molecule has 1 aliphatic rings. The van der Waals surface area contributed by atoms with Crippen LogP contribution in [0.4, 0.5) is 10.6 Å². The van der Waals surface area contributed by atoms with Crippen molar-refractivity contribution < 1.29 is 14.0 Å². The minimum Gasteiger partial charge on any atom is -0.467 e. The van der Waals surface area contributed by atoms with Gasteiger partial charge in [0.25, 0.3) is 0 Å². The zero-order chi connectivity index (χ0) is 19.3. The van der Waals surface area contributed by atoms with E-state index in [9.17, 15) is 9.59 Å². The highest BCUT2D eigenvalue weighted by atomic mass is 32.1. The number of imide groups is 1. The number of hydrogen-bond donors (Lipinski definition) is 2. The molecule has 0 unspecified atom stereocenters. The van der Waals surface area contributed by atoms with Gasteiger partial charge in [0.1, 0.15) is 22.7 Å². The predicted molar refractivity (Wildman–Crippen MR) is 105 cm³/mol. The first-order valence-electron chi connectivity index (χ1n) is 8.94. The molecule has 0 radical (unpaired) electrons. The number of thiophene rings is 1. The third-order valence-electron chi connectivity index (χ3n) is 4.54. The van der Waals surface area contributed by atoms with Crippen LogP contribution in [0.25, 0.3) is 10.2 Å². The van der Waals surface area contributed by atoms with Gasteiger partial charge in [-0.25, -0.2) is 14.8 Å². The Morgan fingerprint density at radius 3 is 2.82 bits per heavy atom. The molecule has 0 aliphatic carbocycles. The lowest BCUT2D eigenvalue weighted by molar-refractivity contribution is -0.121. The topological polar surface area (TPSA) is 104 Å². The van der Waals surface area contributed by atoms with Crippen LogP contribution in [0.1, 0.15) is 5.76 Å². The molecule has 146 valence electrons. The largest absolute Gasteiger partial charge is 0.467 e. The van der Waals surface area contributed by atoms with Crippen molar-refractivity contribution in [2.24, 2.45) is 0 Å². The Morgan fingerprint density at radius 2 is 2.04 bits per heavy atom. The molecule has 28 heavy (non-hydrogen) atoms. The standard InChI is InChI=1S/C18H20N6O3S/c25-15(22-18(26)19-10-13-2-1-8-27-13)11-23-4-6-24(7-5-23)16-14-3-9-28-17(14)21-12-20-16/h1-3,8-9,12H,4-7,10-11H2,(H2,19,22,25,26). The molecule has 0 atom stereocenters. The monoisotopic (exact) mass is 400 g/mol. The number of urea groups is 1. The molecule has 3 aromatic heterocycles. The Labute approximate surface area is 165 Å². The summed E-state index contributed by atoms with van der Waals surface area (Å²) in [5.41, 5.74) is 0. The third kappa shape index (κ3) is 4.29. The van der Waals surface area contributed by atoms with E-state index >= 15 is 0 Å². The normalized spacial score (nSPS) is 14.9. The molecule has 1 aliphatic heterocycles. The van der Waals surface area contributed by atoms with E-state index in [1.54, 1.807) is 29.8 Å². The molecule has 3 aromatic rings. The lowest BCUT2D eigenvalue weighted by atomic mass is 10.2. The average molecular weight is 400 g/mol. The number of carbonyl (C=O) groups excluding carboxylic acids is 2. The van der Waals surface area contributed by atoms with Gasteiger partial charge >= 0.3 is 6.03 Å². The summed E-state index contributed by atoms with van der Waals surface area (Å²) in [5.74, 6) is 1.24. The van der Waals surface area contributed by atoms with Gasteiger partial charge in [0.2, 0.25) is 5.91 Å². The molecule has 0 aromatic carbocycles. The summed E-state index contributed by atoms with van der Waals surface area (Å²) in [6.07, 6.45) is 3.12. The van der Waals surface area contributed by atoms with E-state index < -0.39 is 6.03 Å². The number of furan rings is 1. The van der Waals surface area contributed by atoms with Crippen LogP contribution in [0.5, 0.6) is 0 Å². The second-order valence-corrected chi connectivity index (χ2v) is 7.30. The summed E-state index contributed by atoms with van der Waals surface area (Å²) in [6, 6.07) is 5.00. The zero-order valence-corrected chi connectivity index (χ0v) is 15.9. The van der Waals surface area contributed by atoms with Crippen LogP contribution in [-0.2, 0) is 11.3 Å². The van der Waals surface area contributed by atoms with Crippen molar-refractivity contribution in [1.29, 1.82) is 0 Å². The Bertz CT molecular complexity index is 949. The van der Waals surface area contributed by atoms with Gasteiger partial charge in [0.05, 0.1) is 24.7 Å². The van der Waals surface area contributed by atoms with Crippen LogP contribution in [-0.4, -0.2) is 59.5 Å². The van der Waals surface area contributed by atoms with E-state index in [1.165, 1.54) is 6.26 Å². The van der Waals surface area contributed by atoms with Gasteiger partial charge < -0.3 is 14.6 Å². The highest BCUT2D eigenvalue weighted by molar-refractivity contribution is 7.16. The van der Waals surface area contributed by atoms with Gasteiger partial charge in [-0.15, -0.1) is 11.3 Å². The van der Waals surface area contributed by atoms with Gasteiger partial charge in [-0.05, 0) is 23.6 Å². The quantitative estimate of drug-likeness (QED) is 0.668. The lowest BCUT2D eigenvalue weighted by Gasteiger charge is -2.35. The van der Waals surface area contributed by atoms with Crippen molar-refractivity contribution in [3.63, 3.8) is 0 Å². The average Bonchev–Trinajstić information content (AvgIpc) is 3.38.